The van der Waals surface area contributed by atoms with Crippen LogP contribution < -0.4 is 10.5 Å². The smallest absolute Gasteiger partial charge is 0.254 e. The van der Waals surface area contributed by atoms with E-state index in [2.05, 4.69) is 4.98 Å². The predicted octanol–water partition coefficient (Wildman–Crippen LogP) is 3.34. The van der Waals surface area contributed by atoms with Gasteiger partial charge < -0.3 is 20.5 Å². The van der Waals surface area contributed by atoms with Crippen LogP contribution in [0.1, 0.15) is 33.3 Å². The van der Waals surface area contributed by atoms with Crippen molar-refractivity contribution < 1.29 is 14.6 Å². The molecule has 0 spiro atoms. The predicted molar refractivity (Wildman–Crippen MR) is 112 cm³/mol. The summed E-state index contributed by atoms with van der Waals surface area (Å²) in [6, 6.07) is 16.8. The fourth-order valence-electron chi connectivity index (χ4n) is 3.75. The maximum absolute atomic E-state index is 13.0. The SMILES string of the molecule is COc1cc(-c2ccc(C(=O)N3Cc4ccccc4C(O)C3)cc2)c(N)nc1C. The number of aryl methyl sites for hydroxylation is 1. The van der Waals surface area contributed by atoms with Gasteiger partial charge in [0.05, 0.1) is 25.5 Å². The molecule has 0 saturated carbocycles. The summed E-state index contributed by atoms with van der Waals surface area (Å²) < 4.78 is 5.34. The summed E-state index contributed by atoms with van der Waals surface area (Å²) in [4.78, 5) is 19.0. The van der Waals surface area contributed by atoms with Crippen LogP contribution in [0.5, 0.6) is 5.75 Å². The molecule has 1 aliphatic heterocycles. The maximum Gasteiger partial charge on any atom is 0.254 e. The van der Waals surface area contributed by atoms with E-state index in [1.165, 1.54) is 0 Å². The van der Waals surface area contributed by atoms with Crippen molar-refractivity contribution in [1.82, 2.24) is 9.88 Å². The van der Waals surface area contributed by atoms with Crippen molar-refractivity contribution in [1.29, 1.82) is 0 Å². The maximum atomic E-state index is 13.0. The molecule has 1 unspecified atom stereocenters. The Morgan fingerprint density at radius 1 is 1.21 bits per heavy atom. The molecule has 1 aliphatic rings. The number of methoxy groups -OCH3 is 1. The van der Waals surface area contributed by atoms with Crippen LogP contribution in [0.3, 0.4) is 0 Å². The lowest BCUT2D eigenvalue weighted by molar-refractivity contribution is 0.0550. The summed E-state index contributed by atoms with van der Waals surface area (Å²) in [6.07, 6.45) is -0.672. The monoisotopic (exact) mass is 389 g/mol. The number of anilines is 1. The molecule has 6 nitrogen and oxygen atoms in total. The summed E-state index contributed by atoms with van der Waals surface area (Å²) in [5, 5.41) is 10.4. The van der Waals surface area contributed by atoms with Crippen molar-refractivity contribution in [3.05, 3.63) is 77.0 Å². The molecule has 0 radical (unpaired) electrons. The van der Waals surface area contributed by atoms with Gasteiger partial charge in [0.2, 0.25) is 0 Å². The number of nitrogens with two attached hydrogens (primary N) is 1. The minimum atomic E-state index is -0.672. The molecule has 0 aliphatic carbocycles. The van der Waals surface area contributed by atoms with Crippen LogP contribution in [0.4, 0.5) is 5.82 Å². The Morgan fingerprint density at radius 3 is 2.66 bits per heavy atom. The van der Waals surface area contributed by atoms with Crippen molar-refractivity contribution in [2.45, 2.75) is 19.6 Å². The molecule has 1 aromatic heterocycles. The second kappa shape index (κ2) is 7.56. The summed E-state index contributed by atoms with van der Waals surface area (Å²) in [5.74, 6) is 0.964. The molecule has 29 heavy (non-hydrogen) atoms. The van der Waals surface area contributed by atoms with Crippen molar-refractivity contribution in [3.8, 4) is 16.9 Å². The number of fused-ring (bicyclic) bond motifs is 1. The molecule has 0 fully saturated rings. The van der Waals surface area contributed by atoms with Crippen molar-refractivity contribution in [2.24, 2.45) is 0 Å². The zero-order chi connectivity index (χ0) is 20.5. The third-order valence-corrected chi connectivity index (χ3v) is 5.31. The van der Waals surface area contributed by atoms with E-state index in [1.807, 2.05) is 49.4 Å². The Balaban J connectivity index is 1.58. The van der Waals surface area contributed by atoms with Crippen LogP contribution in [-0.4, -0.2) is 34.6 Å². The van der Waals surface area contributed by atoms with Gasteiger partial charge in [-0.25, -0.2) is 4.98 Å². The average molecular weight is 389 g/mol. The molecular formula is C23H23N3O3. The number of nitrogen functional groups attached to an aromatic ring is 1. The lowest BCUT2D eigenvalue weighted by Gasteiger charge is -2.32. The topological polar surface area (TPSA) is 88.7 Å². The number of aromatic nitrogens is 1. The molecule has 0 bridgehead atoms. The Kier molecular flexibility index (Phi) is 4.94. The standard InChI is InChI=1S/C23H23N3O3/c1-14-21(29-2)11-19(22(24)25-14)15-7-9-16(10-8-15)23(28)26-12-17-5-3-4-6-18(17)20(27)13-26/h3-11,20,27H,12-13H2,1-2H3,(H2,24,25). The van der Waals surface area contributed by atoms with Crippen LogP contribution >= 0.6 is 0 Å². The van der Waals surface area contributed by atoms with E-state index in [-0.39, 0.29) is 12.5 Å². The molecule has 3 N–H and O–H groups in total. The van der Waals surface area contributed by atoms with E-state index in [0.717, 1.165) is 27.9 Å². The minimum Gasteiger partial charge on any atom is -0.495 e. The van der Waals surface area contributed by atoms with E-state index >= 15 is 0 Å². The Bertz CT molecular complexity index is 1060. The Hall–Kier alpha value is -3.38. The first-order valence-electron chi connectivity index (χ1n) is 9.44. The second-order valence-electron chi connectivity index (χ2n) is 7.19. The number of aliphatic hydroxyl groups is 1. The minimum absolute atomic E-state index is 0.113. The largest absolute Gasteiger partial charge is 0.495 e. The third kappa shape index (κ3) is 3.54. The van der Waals surface area contributed by atoms with Crippen LogP contribution in [0.2, 0.25) is 0 Å². The highest BCUT2D eigenvalue weighted by Crippen LogP contribution is 2.31. The summed E-state index contributed by atoms with van der Waals surface area (Å²) in [6.45, 7) is 2.61. The van der Waals surface area contributed by atoms with Gasteiger partial charge in [-0.05, 0) is 41.8 Å². The summed E-state index contributed by atoms with van der Waals surface area (Å²) >= 11 is 0. The Morgan fingerprint density at radius 2 is 1.93 bits per heavy atom. The summed E-state index contributed by atoms with van der Waals surface area (Å²) in [7, 11) is 1.59. The first-order valence-corrected chi connectivity index (χ1v) is 9.44. The molecule has 148 valence electrons. The molecule has 3 aromatic rings. The highest BCUT2D eigenvalue weighted by molar-refractivity contribution is 5.95. The number of hydrogen-bond acceptors (Lipinski definition) is 5. The van der Waals surface area contributed by atoms with Gasteiger partial charge in [-0.1, -0.05) is 36.4 Å². The van der Waals surface area contributed by atoms with Gasteiger partial charge in [0.25, 0.3) is 5.91 Å². The van der Waals surface area contributed by atoms with Gasteiger partial charge in [-0.3, -0.25) is 4.79 Å². The number of hydrogen-bond donors (Lipinski definition) is 2. The van der Waals surface area contributed by atoms with Gasteiger partial charge in [0.15, 0.2) is 0 Å². The molecule has 1 atom stereocenters. The zero-order valence-corrected chi connectivity index (χ0v) is 16.4. The lowest BCUT2D eigenvalue weighted by atomic mass is 9.96. The van der Waals surface area contributed by atoms with E-state index in [1.54, 1.807) is 24.1 Å². The van der Waals surface area contributed by atoms with Crippen LogP contribution in [0.15, 0.2) is 54.6 Å². The van der Waals surface area contributed by atoms with Crippen LogP contribution in [0, 0.1) is 6.92 Å². The molecule has 6 heteroatoms. The van der Waals surface area contributed by atoms with E-state index < -0.39 is 6.10 Å². The fraction of sp³-hybridized carbons (Fsp3) is 0.217. The van der Waals surface area contributed by atoms with Gasteiger partial charge in [-0.2, -0.15) is 0 Å². The molecule has 4 rings (SSSR count). The normalized spacial score (nSPS) is 15.7. The van der Waals surface area contributed by atoms with Crippen molar-refractivity contribution in [2.75, 3.05) is 19.4 Å². The fourth-order valence-corrected chi connectivity index (χ4v) is 3.75. The lowest BCUT2D eigenvalue weighted by Crippen LogP contribution is -2.38. The van der Waals surface area contributed by atoms with Gasteiger partial charge in [0.1, 0.15) is 11.6 Å². The number of pyridine rings is 1. The number of rotatable bonds is 3. The number of aliphatic hydroxyl groups excluding tert-OH is 1. The van der Waals surface area contributed by atoms with Gasteiger partial charge >= 0.3 is 0 Å². The number of carbonyl (C=O) groups excluding carboxylic acids is 1. The van der Waals surface area contributed by atoms with Crippen molar-refractivity contribution in [3.63, 3.8) is 0 Å². The average Bonchev–Trinajstić information content (AvgIpc) is 2.73. The first-order chi connectivity index (χ1) is 14.0. The molecular weight excluding hydrogens is 366 g/mol. The van der Waals surface area contributed by atoms with Gasteiger partial charge in [0, 0.05) is 17.7 Å². The first kappa shape index (κ1) is 19.0. The molecule has 2 aromatic carbocycles. The third-order valence-electron chi connectivity index (χ3n) is 5.31. The highest BCUT2D eigenvalue weighted by Gasteiger charge is 2.27. The van der Waals surface area contributed by atoms with Crippen LogP contribution in [-0.2, 0) is 6.54 Å². The molecule has 2 heterocycles. The van der Waals surface area contributed by atoms with E-state index in [0.29, 0.717) is 23.7 Å². The van der Waals surface area contributed by atoms with E-state index in [9.17, 15) is 9.90 Å². The number of amides is 1. The number of β-amino-alcohol motifs (C(OH)–C–C–N with tert-alkyl or cyclic N) is 1. The number of ether oxygens (including phenoxy) is 1. The number of benzene rings is 2. The zero-order valence-electron chi connectivity index (χ0n) is 16.4. The van der Waals surface area contributed by atoms with Crippen molar-refractivity contribution >= 4 is 11.7 Å². The summed E-state index contributed by atoms with van der Waals surface area (Å²) in [5.41, 5.74) is 10.8. The van der Waals surface area contributed by atoms with Crippen LogP contribution in [0.25, 0.3) is 11.1 Å². The van der Waals surface area contributed by atoms with Gasteiger partial charge in [-0.15, -0.1) is 0 Å². The Labute approximate surface area is 169 Å². The molecule has 1 amide bonds. The highest BCUT2D eigenvalue weighted by atomic mass is 16.5. The van der Waals surface area contributed by atoms with E-state index in [4.69, 9.17) is 10.5 Å². The number of carbonyl (C=O) groups is 1. The number of nitrogens with zero attached hydrogens (tertiary/aromatic N) is 2. The second-order valence-corrected chi connectivity index (χ2v) is 7.19. The molecule has 0 saturated heterocycles. The quantitative estimate of drug-likeness (QED) is 0.717.